The van der Waals surface area contributed by atoms with Crippen LogP contribution in [0.5, 0.6) is 5.75 Å². The Bertz CT molecular complexity index is 839. The molecule has 0 aromatic heterocycles. The number of rotatable bonds is 5. The second-order valence-electron chi connectivity index (χ2n) is 8.96. The van der Waals surface area contributed by atoms with Crippen LogP contribution in [0.4, 0.5) is 0 Å². The van der Waals surface area contributed by atoms with Gasteiger partial charge in [-0.05, 0) is 36.8 Å². The molecule has 1 aromatic rings. The van der Waals surface area contributed by atoms with Crippen LogP contribution in [0, 0.1) is 11.8 Å². The minimum absolute atomic E-state index is 0.117. The number of amides is 3. The maximum atomic E-state index is 13.0. The van der Waals surface area contributed by atoms with Gasteiger partial charge in [0, 0.05) is 0 Å². The van der Waals surface area contributed by atoms with Crippen LogP contribution < -0.4 is 20.7 Å². The summed E-state index contributed by atoms with van der Waals surface area (Å²) < 4.78 is 5.89. The molecule has 1 aliphatic rings. The third-order valence-corrected chi connectivity index (χ3v) is 5.03. The van der Waals surface area contributed by atoms with E-state index in [2.05, 4.69) is 16.0 Å². The molecular formula is C23H33N3O6. The van der Waals surface area contributed by atoms with Gasteiger partial charge in [0.05, 0.1) is 18.0 Å². The molecule has 32 heavy (non-hydrogen) atoms. The first-order valence-corrected chi connectivity index (χ1v) is 10.9. The highest BCUT2D eigenvalue weighted by Crippen LogP contribution is 2.20. The summed E-state index contributed by atoms with van der Waals surface area (Å²) in [6.07, 6.45) is 0.532. The standard InChI is InChI=1S/C23H33N3O6/c1-13(2)9-15-12-32-19-8-6-5-7-16(19)21(28)26-18(23(30)31)11-20(27)25-17(10-14(3)4)22(29)24-15/h5-8,13-15,17-18H,9-12H2,1-4H3,(H,24,29)(H,25,27)(H,26,28)(H,30,31)/t15-,17+,18+/m1/s1. The predicted octanol–water partition coefficient (Wildman–Crippen LogP) is 1.71. The predicted molar refractivity (Wildman–Crippen MR) is 118 cm³/mol. The molecule has 0 radical (unpaired) electrons. The molecule has 9 heteroatoms. The molecular weight excluding hydrogens is 414 g/mol. The van der Waals surface area contributed by atoms with Crippen molar-refractivity contribution < 1.29 is 29.0 Å². The number of ether oxygens (including phenoxy) is 1. The van der Waals surface area contributed by atoms with Gasteiger partial charge in [-0.3, -0.25) is 14.4 Å². The lowest BCUT2D eigenvalue weighted by atomic mass is 10.00. The molecule has 3 amide bonds. The van der Waals surface area contributed by atoms with Crippen LogP contribution >= 0.6 is 0 Å². The summed E-state index contributed by atoms with van der Waals surface area (Å²) in [7, 11) is 0. The number of para-hydroxylation sites is 1. The van der Waals surface area contributed by atoms with Gasteiger partial charge in [0.2, 0.25) is 11.8 Å². The van der Waals surface area contributed by atoms with Crippen molar-refractivity contribution in [1.29, 1.82) is 0 Å². The number of carbonyl (C=O) groups is 4. The Hall–Kier alpha value is -3.10. The second-order valence-corrected chi connectivity index (χ2v) is 8.96. The average molecular weight is 448 g/mol. The van der Waals surface area contributed by atoms with Crippen LogP contribution in [0.1, 0.15) is 57.3 Å². The first-order chi connectivity index (χ1) is 15.1. The van der Waals surface area contributed by atoms with Crippen LogP contribution in [0.2, 0.25) is 0 Å². The van der Waals surface area contributed by atoms with Gasteiger partial charge in [-0.1, -0.05) is 39.8 Å². The molecule has 0 unspecified atom stereocenters. The summed E-state index contributed by atoms with van der Waals surface area (Å²) >= 11 is 0. The number of fused-ring (bicyclic) bond motifs is 1. The molecule has 4 N–H and O–H groups in total. The summed E-state index contributed by atoms with van der Waals surface area (Å²) in [5, 5.41) is 17.5. The quantitative estimate of drug-likeness (QED) is 0.543. The number of carboxylic acids is 1. The summed E-state index contributed by atoms with van der Waals surface area (Å²) in [6.45, 7) is 8.03. The van der Waals surface area contributed by atoms with Crippen LogP contribution in [-0.2, 0) is 14.4 Å². The Morgan fingerprint density at radius 2 is 1.69 bits per heavy atom. The van der Waals surface area contributed by atoms with Gasteiger partial charge in [-0.2, -0.15) is 0 Å². The highest BCUT2D eigenvalue weighted by Gasteiger charge is 2.30. The van der Waals surface area contributed by atoms with E-state index in [0.29, 0.717) is 12.8 Å². The smallest absolute Gasteiger partial charge is 0.326 e. The molecule has 1 aromatic carbocycles. The zero-order chi connectivity index (χ0) is 23.8. The fourth-order valence-electron chi connectivity index (χ4n) is 3.59. The first kappa shape index (κ1) is 25.2. The fraction of sp³-hybridized carbons (Fsp3) is 0.565. The van der Waals surface area contributed by atoms with Crippen molar-refractivity contribution in [2.75, 3.05) is 6.61 Å². The molecule has 0 spiro atoms. The molecule has 1 heterocycles. The number of nitrogens with one attached hydrogen (secondary N) is 3. The normalized spacial score (nSPS) is 22.8. The Balaban J connectivity index is 2.40. The summed E-state index contributed by atoms with van der Waals surface area (Å²) in [5.41, 5.74) is 0.156. The molecule has 0 fully saturated rings. The average Bonchev–Trinajstić information content (AvgIpc) is 2.69. The van der Waals surface area contributed by atoms with Crippen molar-refractivity contribution in [3.63, 3.8) is 0 Å². The Morgan fingerprint density at radius 3 is 2.31 bits per heavy atom. The zero-order valence-electron chi connectivity index (χ0n) is 19.0. The van der Waals surface area contributed by atoms with Crippen LogP contribution in [0.25, 0.3) is 0 Å². The highest BCUT2D eigenvalue weighted by atomic mass is 16.5. The Labute approximate surface area is 188 Å². The highest BCUT2D eigenvalue weighted by molar-refractivity contribution is 6.00. The number of hydrogen-bond donors (Lipinski definition) is 4. The van der Waals surface area contributed by atoms with Crippen LogP contribution in [-0.4, -0.2) is 53.5 Å². The van der Waals surface area contributed by atoms with E-state index in [1.165, 1.54) is 6.07 Å². The molecule has 3 atom stereocenters. The van der Waals surface area contributed by atoms with E-state index in [1.807, 2.05) is 27.7 Å². The monoisotopic (exact) mass is 447 g/mol. The van der Waals surface area contributed by atoms with Gasteiger partial charge in [0.15, 0.2) is 0 Å². The maximum absolute atomic E-state index is 13.0. The van der Waals surface area contributed by atoms with Gasteiger partial charge in [0.1, 0.15) is 24.4 Å². The molecule has 2 rings (SSSR count). The fourth-order valence-corrected chi connectivity index (χ4v) is 3.59. The molecule has 9 nitrogen and oxygen atoms in total. The van der Waals surface area contributed by atoms with E-state index < -0.39 is 36.3 Å². The van der Waals surface area contributed by atoms with Gasteiger partial charge < -0.3 is 25.8 Å². The third kappa shape index (κ3) is 7.55. The summed E-state index contributed by atoms with van der Waals surface area (Å²) in [6, 6.07) is 3.86. The molecule has 0 aliphatic carbocycles. The zero-order valence-corrected chi connectivity index (χ0v) is 19.0. The lowest BCUT2D eigenvalue weighted by Crippen LogP contribution is -2.53. The van der Waals surface area contributed by atoms with E-state index in [-0.39, 0.29) is 41.7 Å². The Morgan fingerprint density at radius 1 is 1.03 bits per heavy atom. The van der Waals surface area contributed by atoms with Crippen molar-refractivity contribution in [3.05, 3.63) is 29.8 Å². The van der Waals surface area contributed by atoms with Crippen molar-refractivity contribution in [2.24, 2.45) is 11.8 Å². The van der Waals surface area contributed by atoms with Crippen molar-refractivity contribution >= 4 is 23.7 Å². The van der Waals surface area contributed by atoms with Crippen molar-refractivity contribution in [3.8, 4) is 5.75 Å². The van der Waals surface area contributed by atoms with E-state index >= 15 is 0 Å². The van der Waals surface area contributed by atoms with E-state index in [4.69, 9.17) is 4.74 Å². The molecule has 0 bridgehead atoms. The summed E-state index contributed by atoms with van der Waals surface area (Å²) in [4.78, 5) is 50.0. The molecule has 0 saturated carbocycles. The van der Waals surface area contributed by atoms with Gasteiger partial charge in [-0.25, -0.2) is 4.79 Å². The lowest BCUT2D eigenvalue weighted by Gasteiger charge is -2.27. The molecule has 176 valence electrons. The number of benzene rings is 1. The van der Waals surface area contributed by atoms with Crippen LogP contribution in [0.3, 0.4) is 0 Å². The Kier molecular flexibility index (Phi) is 9.04. The lowest BCUT2D eigenvalue weighted by molar-refractivity contribution is -0.141. The van der Waals surface area contributed by atoms with Crippen molar-refractivity contribution in [2.45, 2.75) is 65.1 Å². The van der Waals surface area contributed by atoms with E-state index in [9.17, 15) is 24.3 Å². The van der Waals surface area contributed by atoms with Gasteiger partial charge in [-0.15, -0.1) is 0 Å². The maximum Gasteiger partial charge on any atom is 0.326 e. The third-order valence-electron chi connectivity index (χ3n) is 5.03. The van der Waals surface area contributed by atoms with Gasteiger partial charge in [0.25, 0.3) is 5.91 Å². The number of carbonyl (C=O) groups excluding carboxylic acids is 3. The van der Waals surface area contributed by atoms with Crippen LogP contribution in [0.15, 0.2) is 24.3 Å². The number of hydrogen-bond acceptors (Lipinski definition) is 5. The molecule has 0 saturated heterocycles. The van der Waals surface area contributed by atoms with Gasteiger partial charge >= 0.3 is 5.97 Å². The van der Waals surface area contributed by atoms with E-state index in [1.54, 1.807) is 18.2 Å². The minimum Gasteiger partial charge on any atom is -0.491 e. The number of aliphatic carboxylic acids is 1. The topological polar surface area (TPSA) is 134 Å². The minimum atomic E-state index is -1.45. The van der Waals surface area contributed by atoms with Crippen molar-refractivity contribution in [1.82, 2.24) is 16.0 Å². The second kappa shape index (κ2) is 11.5. The molecule has 1 aliphatic heterocycles. The largest absolute Gasteiger partial charge is 0.491 e. The van der Waals surface area contributed by atoms with E-state index in [0.717, 1.165) is 0 Å². The summed E-state index contributed by atoms with van der Waals surface area (Å²) in [5.74, 6) is -2.30. The first-order valence-electron chi connectivity index (χ1n) is 10.9. The SMILES string of the molecule is CC(C)C[C@@H]1COc2ccccc2C(=O)N[C@H](C(=O)O)CC(=O)N[C@@H](CC(C)C)C(=O)N1. The number of carboxylic acid groups (broad SMARTS) is 1.